The summed E-state index contributed by atoms with van der Waals surface area (Å²) in [7, 11) is -0.974. The fraction of sp³-hybridized carbons (Fsp3) is 0.524. The van der Waals surface area contributed by atoms with Gasteiger partial charge in [0.15, 0.2) is 16.4 Å². The molecule has 1 aliphatic heterocycles. The number of likely N-dealkylation sites (N-methyl/N-ethyl adjacent to an activating group) is 1. The number of hydrogen-bond acceptors (Lipinski definition) is 4. The molecular formula is C21H31N4O3S+. The van der Waals surface area contributed by atoms with Crippen molar-refractivity contribution >= 4 is 21.4 Å². The molecule has 1 amide bonds. The van der Waals surface area contributed by atoms with Crippen LogP contribution in [-0.4, -0.2) is 49.2 Å². The standard InChI is InChI=1S/C21H30N4O3S/c1-14-6-7-20(15(2)10-14)22-21(26)12-24(5)11-19-16(3)23-25(17(19)4)18-8-9-29(27,28)13-18/h6-7,10,18H,8-9,11-13H2,1-5H3,(H,22,26)/p+1/t18-/m1/s1. The van der Waals surface area contributed by atoms with Gasteiger partial charge in [0.1, 0.15) is 6.54 Å². The normalized spacial score (nSPS) is 19.3. The summed E-state index contributed by atoms with van der Waals surface area (Å²) >= 11 is 0. The van der Waals surface area contributed by atoms with Crippen LogP contribution in [0.1, 0.15) is 40.5 Å². The number of nitrogens with zero attached hydrogens (tertiary/aromatic N) is 2. The zero-order chi connectivity index (χ0) is 21.3. The zero-order valence-corrected chi connectivity index (χ0v) is 18.7. The van der Waals surface area contributed by atoms with Crippen LogP contribution in [0.5, 0.6) is 0 Å². The molecule has 1 saturated heterocycles. The molecule has 1 fully saturated rings. The van der Waals surface area contributed by atoms with E-state index in [-0.39, 0.29) is 23.5 Å². The van der Waals surface area contributed by atoms with E-state index in [2.05, 4.69) is 16.5 Å². The van der Waals surface area contributed by atoms with Gasteiger partial charge in [-0.2, -0.15) is 5.10 Å². The zero-order valence-electron chi connectivity index (χ0n) is 17.9. The number of anilines is 1. The molecule has 2 atom stereocenters. The van der Waals surface area contributed by atoms with E-state index in [0.717, 1.165) is 33.1 Å². The third-order valence-electron chi connectivity index (χ3n) is 5.63. The number of carbonyl (C=O) groups is 1. The number of amides is 1. The Hall–Kier alpha value is -2.19. The van der Waals surface area contributed by atoms with Gasteiger partial charge >= 0.3 is 0 Å². The second kappa shape index (κ2) is 8.28. The molecule has 0 saturated carbocycles. The summed E-state index contributed by atoms with van der Waals surface area (Å²) in [5, 5.41) is 7.61. The van der Waals surface area contributed by atoms with Gasteiger partial charge in [0, 0.05) is 11.4 Å². The smallest absolute Gasteiger partial charge is 0.279 e. The number of quaternary nitrogens is 1. The molecule has 0 bridgehead atoms. The number of aryl methyl sites for hydroxylation is 3. The number of aromatic nitrogens is 2. The maximum atomic E-state index is 12.5. The molecule has 7 nitrogen and oxygen atoms in total. The van der Waals surface area contributed by atoms with Crippen molar-refractivity contribution in [2.75, 3.05) is 30.4 Å². The van der Waals surface area contributed by atoms with Gasteiger partial charge in [0.2, 0.25) is 0 Å². The Labute approximate surface area is 173 Å². The monoisotopic (exact) mass is 419 g/mol. The van der Waals surface area contributed by atoms with Crippen molar-refractivity contribution in [3.63, 3.8) is 0 Å². The molecule has 0 radical (unpaired) electrons. The summed E-state index contributed by atoms with van der Waals surface area (Å²) in [5.41, 5.74) is 6.05. The predicted octanol–water partition coefficient (Wildman–Crippen LogP) is 1.13. The third kappa shape index (κ3) is 5.05. The second-order valence-corrected chi connectivity index (χ2v) is 10.6. The van der Waals surface area contributed by atoms with Crippen LogP contribution in [0.3, 0.4) is 0 Å². The minimum Gasteiger partial charge on any atom is -0.326 e. The molecule has 1 aromatic heterocycles. The molecule has 1 aromatic carbocycles. The minimum absolute atomic E-state index is 0.0287. The highest BCUT2D eigenvalue weighted by atomic mass is 32.2. The largest absolute Gasteiger partial charge is 0.326 e. The Balaban J connectivity index is 1.64. The maximum Gasteiger partial charge on any atom is 0.279 e. The first kappa shape index (κ1) is 21.5. The van der Waals surface area contributed by atoms with Crippen molar-refractivity contribution in [3.05, 3.63) is 46.3 Å². The first-order valence-corrected chi connectivity index (χ1v) is 11.8. The SMILES string of the molecule is Cc1ccc(NC(=O)C[NH+](C)Cc2c(C)nn([C@@H]3CCS(=O)(=O)C3)c2C)c(C)c1. The highest BCUT2D eigenvalue weighted by molar-refractivity contribution is 7.91. The van der Waals surface area contributed by atoms with Gasteiger partial charge in [-0.25, -0.2) is 8.42 Å². The Bertz CT molecular complexity index is 1030. The molecular weight excluding hydrogens is 388 g/mol. The summed E-state index contributed by atoms with van der Waals surface area (Å²) in [6.07, 6.45) is 0.616. The average molecular weight is 420 g/mol. The van der Waals surface area contributed by atoms with Crippen LogP contribution in [0.4, 0.5) is 5.69 Å². The first-order valence-electron chi connectivity index (χ1n) is 9.99. The van der Waals surface area contributed by atoms with E-state index >= 15 is 0 Å². The molecule has 1 aliphatic rings. The molecule has 2 heterocycles. The van der Waals surface area contributed by atoms with Crippen LogP contribution in [0.2, 0.25) is 0 Å². The lowest BCUT2D eigenvalue weighted by molar-refractivity contribution is -0.885. The fourth-order valence-corrected chi connectivity index (χ4v) is 5.76. The maximum absolute atomic E-state index is 12.5. The van der Waals surface area contributed by atoms with Gasteiger partial charge in [-0.1, -0.05) is 17.7 Å². The summed E-state index contributed by atoms with van der Waals surface area (Å²) in [6.45, 7) is 8.97. The van der Waals surface area contributed by atoms with Crippen molar-refractivity contribution in [2.24, 2.45) is 0 Å². The lowest BCUT2D eigenvalue weighted by Crippen LogP contribution is -3.08. The quantitative estimate of drug-likeness (QED) is 0.735. The van der Waals surface area contributed by atoms with E-state index in [1.54, 1.807) is 0 Å². The van der Waals surface area contributed by atoms with Crippen molar-refractivity contribution in [3.8, 4) is 0 Å². The van der Waals surface area contributed by atoms with E-state index in [1.165, 1.54) is 5.56 Å². The molecule has 0 aliphatic carbocycles. The van der Waals surface area contributed by atoms with Crippen molar-refractivity contribution in [2.45, 2.75) is 46.7 Å². The molecule has 158 valence electrons. The minimum atomic E-state index is -2.96. The Morgan fingerprint density at radius 3 is 2.62 bits per heavy atom. The molecule has 8 heteroatoms. The van der Waals surface area contributed by atoms with Crippen molar-refractivity contribution < 1.29 is 18.1 Å². The van der Waals surface area contributed by atoms with Gasteiger partial charge in [-0.05, 0) is 45.7 Å². The lowest BCUT2D eigenvalue weighted by Gasteiger charge is -2.16. The van der Waals surface area contributed by atoms with E-state index in [1.807, 2.05) is 51.6 Å². The molecule has 29 heavy (non-hydrogen) atoms. The van der Waals surface area contributed by atoms with Crippen LogP contribution < -0.4 is 10.2 Å². The number of nitrogens with one attached hydrogen (secondary N) is 2. The number of sulfone groups is 1. The Morgan fingerprint density at radius 1 is 1.28 bits per heavy atom. The lowest BCUT2D eigenvalue weighted by atomic mass is 10.1. The summed E-state index contributed by atoms with van der Waals surface area (Å²) in [4.78, 5) is 13.5. The van der Waals surface area contributed by atoms with Crippen molar-refractivity contribution in [1.82, 2.24) is 9.78 Å². The Kier molecular flexibility index (Phi) is 6.14. The predicted molar refractivity (Wildman–Crippen MR) is 114 cm³/mol. The van der Waals surface area contributed by atoms with Gasteiger partial charge in [-0.3, -0.25) is 9.48 Å². The van der Waals surface area contributed by atoms with E-state index in [0.29, 0.717) is 19.5 Å². The topological polar surface area (TPSA) is 85.5 Å². The van der Waals surface area contributed by atoms with Crippen LogP contribution in [0.25, 0.3) is 0 Å². The van der Waals surface area contributed by atoms with E-state index in [4.69, 9.17) is 0 Å². The summed E-state index contributed by atoms with van der Waals surface area (Å²) in [5.74, 6) is 0.365. The van der Waals surface area contributed by atoms with Crippen molar-refractivity contribution in [1.29, 1.82) is 0 Å². The fourth-order valence-electron chi connectivity index (χ4n) is 4.06. The first-order chi connectivity index (χ1) is 13.6. The van der Waals surface area contributed by atoms with Crippen LogP contribution in [-0.2, 0) is 21.2 Å². The molecule has 2 aromatic rings. The number of carbonyl (C=O) groups excluding carboxylic acids is 1. The number of hydrogen-bond donors (Lipinski definition) is 2. The number of benzene rings is 1. The molecule has 0 spiro atoms. The third-order valence-corrected chi connectivity index (χ3v) is 7.38. The van der Waals surface area contributed by atoms with E-state index < -0.39 is 9.84 Å². The van der Waals surface area contributed by atoms with Crippen LogP contribution in [0.15, 0.2) is 18.2 Å². The van der Waals surface area contributed by atoms with Gasteiger partial charge < -0.3 is 10.2 Å². The highest BCUT2D eigenvalue weighted by Crippen LogP contribution is 2.26. The highest BCUT2D eigenvalue weighted by Gasteiger charge is 2.32. The average Bonchev–Trinajstić information content (AvgIpc) is 3.11. The van der Waals surface area contributed by atoms with Gasteiger partial charge in [0.25, 0.3) is 5.91 Å². The summed E-state index contributed by atoms with van der Waals surface area (Å²) < 4.78 is 25.5. The van der Waals surface area contributed by atoms with E-state index in [9.17, 15) is 13.2 Å². The van der Waals surface area contributed by atoms with Crippen LogP contribution in [0, 0.1) is 27.7 Å². The van der Waals surface area contributed by atoms with Crippen LogP contribution >= 0.6 is 0 Å². The second-order valence-electron chi connectivity index (χ2n) is 8.33. The van der Waals surface area contributed by atoms with Gasteiger partial charge in [0.05, 0.1) is 35.9 Å². The summed E-state index contributed by atoms with van der Waals surface area (Å²) in [6, 6.07) is 5.90. The number of rotatable bonds is 6. The molecule has 3 rings (SSSR count). The molecule has 1 unspecified atom stereocenters. The molecule has 2 N–H and O–H groups in total. The Morgan fingerprint density at radius 2 is 2.00 bits per heavy atom. The van der Waals surface area contributed by atoms with Gasteiger partial charge in [-0.15, -0.1) is 0 Å².